The molecule has 0 unspecified atom stereocenters. The first-order valence-electron chi connectivity index (χ1n) is 8.13. The molecule has 1 heterocycles. The van der Waals surface area contributed by atoms with Crippen molar-refractivity contribution in [1.82, 2.24) is 14.8 Å². The third kappa shape index (κ3) is 3.86. The zero-order valence-corrected chi connectivity index (χ0v) is 15.3. The van der Waals surface area contributed by atoms with Gasteiger partial charge in [-0.3, -0.25) is 9.36 Å². The maximum atomic E-state index is 12.6. The van der Waals surface area contributed by atoms with Crippen LogP contribution in [0.1, 0.15) is 10.4 Å². The summed E-state index contributed by atoms with van der Waals surface area (Å²) in [7, 11) is 1.56. The molecule has 5 nitrogen and oxygen atoms in total. The average molecular weight is 365 g/mol. The summed E-state index contributed by atoms with van der Waals surface area (Å²) in [6.07, 6.45) is 1.79. The van der Waals surface area contributed by atoms with Crippen LogP contribution in [0.2, 0.25) is 0 Å². The number of thioether (sulfide) groups is 1. The van der Waals surface area contributed by atoms with Crippen LogP contribution in [-0.2, 0) is 6.54 Å². The van der Waals surface area contributed by atoms with E-state index in [9.17, 15) is 4.79 Å². The summed E-state index contributed by atoms with van der Waals surface area (Å²) in [6, 6.07) is 17.1. The molecule has 0 N–H and O–H groups in total. The number of ketones is 1. The Balaban J connectivity index is 1.81. The molecule has 0 spiro atoms. The monoisotopic (exact) mass is 365 g/mol. The Labute approximate surface area is 156 Å². The third-order valence-electron chi connectivity index (χ3n) is 3.80. The number of hydrogen-bond acceptors (Lipinski definition) is 5. The molecule has 0 aliphatic heterocycles. The first kappa shape index (κ1) is 17.9. The Hall–Kier alpha value is -2.86. The maximum Gasteiger partial charge on any atom is 0.192 e. The van der Waals surface area contributed by atoms with Crippen molar-refractivity contribution in [3.63, 3.8) is 0 Å². The van der Waals surface area contributed by atoms with Gasteiger partial charge in [0.2, 0.25) is 0 Å². The van der Waals surface area contributed by atoms with Crippen molar-refractivity contribution < 1.29 is 9.53 Å². The number of carbonyl (C=O) groups is 1. The highest BCUT2D eigenvalue weighted by Crippen LogP contribution is 2.26. The van der Waals surface area contributed by atoms with Gasteiger partial charge in [0.15, 0.2) is 16.8 Å². The summed E-state index contributed by atoms with van der Waals surface area (Å²) in [5.41, 5.74) is 1.55. The van der Waals surface area contributed by atoms with E-state index in [0.717, 1.165) is 11.4 Å². The van der Waals surface area contributed by atoms with Crippen molar-refractivity contribution in [3.05, 3.63) is 72.8 Å². The predicted molar refractivity (Wildman–Crippen MR) is 104 cm³/mol. The molecule has 3 aromatic rings. The minimum absolute atomic E-state index is 0.0122. The number of para-hydroxylation sites is 1. The highest BCUT2D eigenvalue weighted by Gasteiger charge is 2.17. The average Bonchev–Trinajstić information content (AvgIpc) is 3.09. The molecule has 26 heavy (non-hydrogen) atoms. The lowest BCUT2D eigenvalue weighted by Gasteiger charge is -2.09. The van der Waals surface area contributed by atoms with Crippen LogP contribution in [0.25, 0.3) is 11.4 Å². The number of ether oxygens (including phenoxy) is 1. The Morgan fingerprint density at radius 2 is 1.88 bits per heavy atom. The van der Waals surface area contributed by atoms with Crippen molar-refractivity contribution in [1.29, 1.82) is 0 Å². The predicted octanol–water partition coefficient (Wildman–Crippen LogP) is 4.11. The zero-order valence-electron chi connectivity index (χ0n) is 14.5. The van der Waals surface area contributed by atoms with Gasteiger partial charge < -0.3 is 4.74 Å². The van der Waals surface area contributed by atoms with Gasteiger partial charge in [-0.1, -0.05) is 60.3 Å². The second kappa shape index (κ2) is 8.49. The number of aromatic nitrogens is 3. The molecule has 0 bridgehead atoms. The number of hydrogen-bond donors (Lipinski definition) is 0. The number of allylic oxidation sites excluding steroid dienone is 1. The van der Waals surface area contributed by atoms with Gasteiger partial charge in [-0.15, -0.1) is 16.8 Å². The lowest BCUT2D eigenvalue weighted by molar-refractivity contribution is 0.101. The lowest BCUT2D eigenvalue weighted by Crippen LogP contribution is -2.07. The van der Waals surface area contributed by atoms with Gasteiger partial charge in [-0.25, -0.2) is 0 Å². The van der Waals surface area contributed by atoms with Crippen molar-refractivity contribution in [2.75, 3.05) is 12.9 Å². The van der Waals surface area contributed by atoms with Crippen LogP contribution < -0.4 is 4.74 Å². The molecule has 0 aliphatic carbocycles. The van der Waals surface area contributed by atoms with Crippen molar-refractivity contribution in [3.8, 4) is 17.1 Å². The molecule has 0 aliphatic rings. The molecular formula is C20H19N3O2S. The second-order valence-corrected chi connectivity index (χ2v) is 6.43. The van der Waals surface area contributed by atoms with E-state index in [1.54, 1.807) is 25.3 Å². The standard InChI is InChI=1S/C20H19N3O2S/c1-3-13-23-19(15-9-5-4-6-10-15)21-22-20(23)26-14-17(24)16-11-7-8-12-18(16)25-2/h3-12H,1,13-14H2,2H3. The van der Waals surface area contributed by atoms with Crippen molar-refractivity contribution in [2.24, 2.45) is 0 Å². The normalized spacial score (nSPS) is 10.5. The van der Waals surface area contributed by atoms with Gasteiger partial charge in [-0.2, -0.15) is 0 Å². The van der Waals surface area contributed by atoms with E-state index in [1.165, 1.54) is 11.8 Å². The summed E-state index contributed by atoms with van der Waals surface area (Å²) >= 11 is 1.36. The molecule has 0 radical (unpaired) electrons. The third-order valence-corrected chi connectivity index (χ3v) is 4.77. The molecule has 0 saturated carbocycles. The fourth-order valence-electron chi connectivity index (χ4n) is 2.57. The number of methoxy groups -OCH3 is 1. The SMILES string of the molecule is C=CCn1c(SCC(=O)c2ccccc2OC)nnc1-c1ccccc1. The fourth-order valence-corrected chi connectivity index (χ4v) is 3.40. The van der Waals surface area contributed by atoms with E-state index < -0.39 is 0 Å². The van der Waals surface area contributed by atoms with Gasteiger partial charge >= 0.3 is 0 Å². The van der Waals surface area contributed by atoms with Gasteiger partial charge in [0.1, 0.15) is 5.75 Å². The zero-order chi connectivity index (χ0) is 18.4. The Bertz CT molecular complexity index is 906. The minimum Gasteiger partial charge on any atom is -0.496 e. The van der Waals surface area contributed by atoms with Gasteiger partial charge in [0, 0.05) is 12.1 Å². The van der Waals surface area contributed by atoms with Crippen LogP contribution in [0.3, 0.4) is 0 Å². The molecule has 0 saturated heterocycles. The lowest BCUT2D eigenvalue weighted by atomic mass is 10.1. The number of Topliss-reactive ketones (excluding diaryl/α,β-unsaturated/α-hetero) is 1. The van der Waals surface area contributed by atoms with Crippen molar-refractivity contribution >= 4 is 17.5 Å². The van der Waals surface area contributed by atoms with Gasteiger partial charge in [-0.05, 0) is 12.1 Å². The van der Waals surface area contributed by atoms with Crippen LogP contribution in [0, 0.1) is 0 Å². The topological polar surface area (TPSA) is 57.0 Å². The number of benzene rings is 2. The van der Waals surface area contributed by atoms with Crippen molar-refractivity contribution in [2.45, 2.75) is 11.7 Å². The van der Waals surface area contributed by atoms with E-state index in [2.05, 4.69) is 16.8 Å². The van der Waals surface area contributed by atoms with E-state index >= 15 is 0 Å². The molecule has 132 valence electrons. The molecular weight excluding hydrogens is 346 g/mol. The maximum absolute atomic E-state index is 12.6. The summed E-state index contributed by atoms with van der Waals surface area (Å²) in [6.45, 7) is 4.38. The van der Waals surface area contributed by atoms with E-state index in [1.807, 2.05) is 47.0 Å². The molecule has 0 atom stereocenters. The van der Waals surface area contributed by atoms with Crippen LogP contribution in [0.5, 0.6) is 5.75 Å². The number of carbonyl (C=O) groups excluding carboxylic acids is 1. The fraction of sp³-hybridized carbons (Fsp3) is 0.150. The van der Waals surface area contributed by atoms with Crippen LogP contribution in [0.4, 0.5) is 0 Å². The summed E-state index contributed by atoms with van der Waals surface area (Å²) in [5, 5.41) is 9.25. The molecule has 0 fully saturated rings. The van der Waals surface area contributed by atoms with Crippen LogP contribution in [-0.4, -0.2) is 33.4 Å². The van der Waals surface area contributed by atoms with Gasteiger partial charge in [0.25, 0.3) is 0 Å². The minimum atomic E-state index is -0.0122. The van der Waals surface area contributed by atoms with E-state index in [0.29, 0.717) is 23.0 Å². The summed E-state index contributed by atoms with van der Waals surface area (Å²) in [4.78, 5) is 12.6. The van der Waals surface area contributed by atoms with E-state index in [-0.39, 0.29) is 11.5 Å². The first-order valence-corrected chi connectivity index (χ1v) is 9.11. The van der Waals surface area contributed by atoms with Gasteiger partial charge in [0.05, 0.1) is 18.4 Å². The number of nitrogens with zero attached hydrogens (tertiary/aromatic N) is 3. The molecule has 1 aromatic heterocycles. The molecule has 6 heteroatoms. The largest absolute Gasteiger partial charge is 0.496 e. The Kier molecular flexibility index (Phi) is 5.86. The Morgan fingerprint density at radius 1 is 1.15 bits per heavy atom. The molecule has 2 aromatic carbocycles. The summed E-state index contributed by atoms with van der Waals surface area (Å²) in [5.74, 6) is 1.58. The molecule has 0 amide bonds. The quantitative estimate of drug-likeness (QED) is 0.341. The van der Waals surface area contributed by atoms with Crippen LogP contribution >= 0.6 is 11.8 Å². The first-order chi connectivity index (χ1) is 12.7. The smallest absolute Gasteiger partial charge is 0.192 e. The number of rotatable bonds is 8. The highest BCUT2D eigenvalue weighted by atomic mass is 32.2. The van der Waals surface area contributed by atoms with Crippen LogP contribution in [0.15, 0.2) is 72.4 Å². The summed E-state index contributed by atoms with van der Waals surface area (Å²) < 4.78 is 7.23. The molecule has 3 rings (SSSR count). The second-order valence-electron chi connectivity index (χ2n) is 5.48. The van der Waals surface area contributed by atoms with E-state index in [4.69, 9.17) is 4.74 Å². The Morgan fingerprint density at radius 3 is 2.62 bits per heavy atom. The highest BCUT2D eigenvalue weighted by molar-refractivity contribution is 7.99.